The fourth-order valence-corrected chi connectivity index (χ4v) is 1.59. The highest BCUT2D eigenvalue weighted by Crippen LogP contribution is 2.29. The van der Waals surface area contributed by atoms with Gasteiger partial charge in [0.1, 0.15) is 11.6 Å². The maximum absolute atomic E-state index is 11.8. The molecule has 1 aromatic heterocycles. The van der Waals surface area contributed by atoms with Crippen molar-refractivity contribution >= 4 is 10.9 Å². The molecule has 0 saturated carbocycles. The second-order valence-corrected chi connectivity index (χ2v) is 3.44. The van der Waals surface area contributed by atoms with Gasteiger partial charge in [0.15, 0.2) is 11.5 Å². The Morgan fingerprint density at radius 3 is 2.94 bits per heavy atom. The third-order valence-corrected chi connectivity index (χ3v) is 2.38. The van der Waals surface area contributed by atoms with Gasteiger partial charge in [0.25, 0.3) is 0 Å². The molecule has 1 aromatic carbocycles. The number of phenols is 1. The van der Waals surface area contributed by atoms with E-state index in [1.165, 1.54) is 18.3 Å². The van der Waals surface area contributed by atoms with Crippen LogP contribution in [0, 0.1) is 11.3 Å². The maximum Gasteiger partial charge on any atom is 0.207 e. The van der Waals surface area contributed by atoms with Crippen LogP contribution >= 0.6 is 0 Å². The van der Waals surface area contributed by atoms with Crippen LogP contribution in [0.1, 0.15) is 12.5 Å². The van der Waals surface area contributed by atoms with Crippen molar-refractivity contribution < 1.29 is 9.84 Å². The van der Waals surface area contributed by atoms with Crippen molar-refractivity contribution in [3.63, 3.8) is 0 Å². The molecule has 0 aliphatic heterocycles. The molecule has 0 amide bonds. The summed E-state index contributed by atoms with van der Waals surface area (Å²) < 4.78 is 5.20. The predicted molar refractivity (Wildman–Crippen MR) is 62.1 cm³/mol. The van der Waals surface area contributed by atoms with Gasteiger partial charge in [-0.1, -0.05) is 0 Å². The first-order valence-electron chi connectivity index (χ1n) is 5.08. The number of hydrogen-bond donors (Lipinski definition) is 2. The number of fused-ring (bicyclic) bond motifs is 1. The lowest BCUT2D eigenvalue weighted by atomic mass is 10.1. The van der Waals surface area contributed by atoms with E-state index < -0.39 is 5.43 Å². The number of aromatic nitrogens is 1. The Morgan fingerprint density at radius 2 is 2.29 bits per heavy atom. The van der Waals surface area contributed by atoms with Crippen LogP contribution in [0.5, 0.6) is 11.5 Å². The summed E-state index contributed by atoms with van der Waals surface area (Å²) in [4.78, 5) is 14.6. The monoisotopic (exact) mass is 230 g/mol. The average molecular weight is 230 g/mol. The molecule has 0 bridgehead atoms. The van der Waals surface area contributed by atoms with Crippen LogP contribution in [0.15, 0.2) is 23.1 Å². The number of hydrogen-bond acceptors (Lipinski definition) is 4. The number of aromatic amines is 1. The summed E-state index contributed by atoms with van der Waals surface area (Å²) in [5.74, 6) is 0.195. The molecular weight excluding hydrogens is 220 g/mol. The fourth-order valence-electron chi connectivity index (χ4n) is 1.59. The number of benzene rings is 1. The SMILES string of the molecule is CCOc1cc2[nH]cc(C#N)c(=O)c2cc1O. The first kappa shape index (κ1) is 11.0. The zero-order valence-electron chi connectivity index (χ0n) is 9.15. The van der Waals surface area contributed by atoms with E-state index in [0.29, 0.717) is 17.9 Å². The van der Waals surface area contributed by atoms with E-state index in [1.807, 2.05) is 0 Å². The largest absolute Gasteiger partial charge is 0.504 e. The highest BCUT2D eigenvalue weighted by atomic mass is 16.5. The highest BCUT2D eigenvalue weighted by Gasteiger charge is 2.09. The third kappa shape index (κ3) is 1.81. The van der Waals surface area contributed by atoms with E-state index in [-0.39, 0.29) is 16.7 Å². The van der Waals surface area contributed by atoms with Crippen LogP contribution in [0.3, 0.4) is 0 Å². The van der Waals surface area contributed by atoms with Crippen LogP contribution < -0.4 is 10.2 Å². The zero-order chi connectivity index (χ0) is 12.4. The summed E-state index contributed by atoms with van der Waals surface area (Å²) in [5, 5.41) is 18.7. The number of rotatable bonds is 2. The first-order chi connectivity index (χ1) is 8.17. The molecule has 0 aliphatic rings. The lowest BCUT2D eigenvalue weighted by Gasteiger charge is -2.07. The molecule has 2 aromatic rings. The molecule has 86 valence electrons. The van der Waals surface area contributed by atoms with Crippen LogP contribution in [0.25, 0.3) is 10.9 Å². The Kier molecular flexibility index (Phi) is 2.71. The third-order valence-electron chi connectivity index (χ3n) is 2.38. The average Bonchev–Trinajstić information content (AvgIpc) is 2.32. The van der Waals surface area contributed by atoms with Gasteiger partial charge in [0.05, 0.1) is 17.5 Å². The Labute approximate surface area is 96.9 Å². The molecular formula is C12H10N2O3. The molecule has 5 nitrogen and oxygen atoms in total. The van der Waals surface area contributed by atoms with Gasteiger partial charge in [-0.3, -0.25) is 4.79 Å². The Balaban J connectivity index is 2.75. The minimum atomic E-state index is -0.403. The van der Waals surface area contributed by atoms with Crippen molar-refractivity contribution in [2.24, 2.45) is 0 Å². The molecule has 5 heteroatoms. The van der Waals surface area contributed by atoms with Crippen molar-refractivity contribution in [1.29, 1.82) is 5.26 Å². The van der Waals surface area contributed by atoms with Gasteiger partial charge in [-0.2, -0.15) is 5.26 Å². The van der Waals surface area contributed by atoms with Gasteiger partial charge in [-0.05, 0) is 13.0 Å². The normalized spacial score (nSPS) is 10.1. The number of pyridine rings is 1. The molecule has 0 fully saturated rings. The standard InChI is InChI=1S/C12H10N2O3/c1-2-17-11-4-9-8(3-10(11)15)12(16)7(5-13)6-14-9/h3-4,6,15H,2H2,1H3,(H,14,16). The van der Waals surface area contributed by atoms with E-state index in [9.17, 15) is 9.90 Å². The summed E-state index contributed by atoms with van der Waals surface area (Å²) in [6, 6.07) is 4.63. The second-order valence-electron chi connectivity index (χ2n) is 3.44. The van der Waals surface area contributed by atoms with Gasteiger partial charge in [-0.15, -0.1) is 0 Å². The summed E-state index contributed by atoms with van der Waals surface area (Å²) in [7, 11) is 0. The van der Waals surface area contributed by atoms with Gasteiger partial charge in [-0.25, -0.2) is 0 Å². The van der Waals surface area contributed by atoms with Crippen LogP contribution in [-0.4, -0.2) is 16.7 Å². The number of ether oxygens (including phenoxy) is 1. The number of phenolic OH excluding ortho intramolecular Hbond substituents is 1. The molecule has 0 aliphatic carbocycles. The molecule has 17 heavy (non-hydrogen) atoms. The number of aromatic hydroxyl groups is 1. The van der Waals surface area contributed by atoms with Gasteiger partial charge < -0.3 is 14.8 Å². The van der Waals surface area contributed by atoms with Crippen molar-refractivity contribution in [3.8, 4) is 17.6 Å². The molecule has 0 unspecified atom stereocenters. The Bertz CT molecular complexity index is 668. The lowest BCUT2D eigenvalue weighted by molar-refractivity contribution is 0.319. The zero-order valence-corrected chi connectivity index (χ0v) is 9.15. The quantitative estimate of drug-likeness (QED) is 0.818. The number of nitriles is 1. The van der Waals surface area contributed by atoms with E-state index in [2.05, 4.69) is 4.98 Å². The van der Waals surface area contributed by atoms with Gasteiger partial charge in [0, 0.05) is 12.3 Å². The molecule has 0 radical (unpaired) electrons. The minimum Gasteiger partial charge on any atom is -0.504 e. The van der Waals surface area contributed by atoms with Crippen molar-refractivity contribution in [2.75, 3.05) is 6.61 Å². The number of H-pyrrole nitrogens is 1. The van der Waals surface area contributed by atoms with E-state index in [1.54, 1.807) is 13.0 Å². The van der Waals surface area contributed by atoms with Crippen molar-refractivity contribution in [1.82, 2.24) is 4.98 Å². The molecule has 0 atom stereocenters. The summed E-state index contributed by atoms with van der Waals surface area (Å²) in [5.41, 5.74) is 0.135. The fraction of sp³-hybridized carbons (Fsp3) is 0.167. The van der Waals surface area contributed by atoms with Gasteiger partial charge >= 0.3 is 0 Å². The molecule has 1 heterocycles. The topological polar surface area (TPSA) is 86.1 Å². The van der Waals surface area contributed by atoms with Crippen molar-refractivity contribution in [3.05, 3.63) is 34.1 Å². The van der Waals surface area contributed by atoms with E-state index >= 15 is 0 Å². The predicted octanol–water partition coefficient (Wildman–Crippen LogP) is 1.50. The number of nitrogens with zero attached hydrogens (tertiary/aromatic N) is 1. The van der Waals surface area contributed by atoms with E-state index in [0.717, 1.165) is 0 Å². The van der Waals surface area contributed by atoms with Crippen LogP contribution in [0.2, 0.25) is 0 Å². The summed E-state index contributed by atoms with van der Waals surface area (Å²) in [6.45, 7) is 2.21. The second kappa shape index (κ2) is 4.18. The Hall–Kier alpha value is -2.48. The summed E-state index contributed by atoms with van der Waals surface area (Å²) in [6.07, 6.45) is 1.34. The van der Waals surface area contributed by atoms with Crippen LogP contribution in [-0.2, 0) is 0 Å². The molecule has 0 spiro atoms. The molecule has 0 saturated heterocycles. The number of nitrogens with one attached hydrogen (secondary N) is 1. The lowest BCUT2D eigenvalue weighted by Crippen LogP contribution is -2.07. The van der Waals surface area contributed by atoms with Gasteiger partial charge in [0.2, 0.25) is 5.43 Å². The molecule has 2 rings (SSSR count). The Morgan fingerprint density at radius 1 is 1.53 bits per heavy atom. The maximum atomic E-state index is 11.8. The smallest absolute Gasteiger partial charge is 0.207 e. The van der Waals surface area contributed by atoms with Crippen molar-refractivity contribution in [2.45, 2.75) is 6.92 Å². The summed E-state index contributed by atoms with van der Waals surface area (Å²) >= 11 is 0. The first-order valence-corrected chi connectivity index (χ1v) is 5.08. The minimum absolute atomic E-state index is 0.0149. The highest BCUT2D eigenvalue weighted by molar-refractivity contribution is 5.83. The van der Waals surface area contributed by atoms with E-state index in [4.69, 9.17) is 10.00 Å². The molecule has 2 N–H and O–H groups in total. The van der Waals surface area contributed by atoms with Crippen LogP contribution in [0.4, 0.5) is 0 Å².